The van der Waals surface area contributed by atoms with Crippen molar-refractivity contribution in [3.8, 4) is 0 Å². The van der Waals surface area contributed by atoms with Crippen LogP contribution >= 0.6 is 0 Å². The molecule has 7 heteroatoms. The molecule has 1 N–H and O–H groups in total. The summed E-state index contributed by atoms with van der Waals surface area (Å²) in [6, 6.07) is 22.0. The number of amides is 1. The first-order chi connectivity index (χ1) is 14.4. The summed E-state index contributed by atoms with van der Waals surface area (Å²) >= 11 is 0. The lowest BCUT2D eigenvalue weighted by Crippen LogP contribution is -2.53. The monoisotopic (exact) mass is 423 g/mol. The van der Waals surface area contributed by atoms with Crippen molar-refractivity contribution in [3.63, 3.8) is 0 Å². The lowest BCUT2D eigenvalue weighted by atomic mass is 10.1. The van der Waals surface area contributed by atoms with E-state index in [1.165, 1.54) is 4.31 Å². The molecule has 1 aliphatic heterocycles. The molecule has 6 nitrogen and oxygen atoms in total. The van der Waals surface area contributed by atoms with Gasteiger partial charge in [-0.3, -0.25) is 9.69 Å². The molecule has 1 fully saturated rings. The van der Waals surface area contributed by atoms with Crippen LogP contribution in [0.2, 0.25) is 0 Å². The number of para-hydroxylation sites is 1. The molecule has 1 amide bonds. The highest BCUT2D eigenvalue weighted by molar-refractivity contribution is 7.89. The minimum absolute atomic E-state index is 0.0907. The fourth-order valence-corrected chi connectivity index (χ4v) is 5.20. The molecule has 1 atom stereocenters. The lowest BCUT2D eigenvalue weighted by Gasteiger charge is -2.36. The second-order valence-electron chi connectivity index (χ2n) is 7.48. The van der Waals surface area contributed by atoms with Crippen molar-refractivity contribution in [1.82, 2.24) is 9.21 Å². The van der Waals surface area contributed by atoms with E-state index in [0.29, 0.717) is 31.1 Å². The largest absolute Gasteiger partial charge is 0.325 e. The number of rotatable bonds is 5. The Labute approximate surface area is 177 Å². The smallest absolute Gasteiger partial charge is 0.243 e. The van der Waals surface area contributed by atoms with Gasteiger partial charge in [-0.15, -0.1) is 0 Å². The summed E-state index contributed by atoms with van der Waals surface area (Å²) in [7, 11) is -3.57. The second-order valence-corrected chi connectivity index (χ2v) is 9.42. The van der Waals surface area contributed by atoms with Crippen LogP contribution in [0.3, 0.4) is 0 Å². The molecular formula is C23H25N3O3S. The van der Waals surface area contributed by atoms with E-state index in [2.05, 4.69) is 5.32 Å². The summed E-state index contributed by atoms with van der Waals surface area (Å²) < 4.78 is 27.7. The van der Waals surface area contributed by atoms with E-state index < -0.39 is 10.0 Å². The molecule has 0 spiro atoms. The van der Waals surface area contributed by atoms with Gasteiger partial charge in [0.05, 0.1) is 10.9 Å². The molecular weight excluding hydrogens is 398 g/mol. The van der Waals surface area contributed by atoms with E-state index in [-0.39, 0.29) is 11.9 Å². The second kappa shape index (κ2) is 8.55. The zero-order chi connectivity index (χ0) is 21.1. The maximum absolute atomic E-state index is 13.1. The van der Waals surface area contributed by atoms with Crippen molar-refractivity contribution >= 4 is 32.4 Å². The Kier molecular flexibility index (Phi) is 5.85. The number of hydrogen-bond acceptors (Lipinski definition) is 4. The number of nitrogens with one attached hydrogen (secondary N) is 1. The number of fused-ring (bicyclic) bond motifs is 1. The van der Waals surface area contributed by atoms with Gasteiger partial charge in [0.15, 0.2) is 0 Å². The molecule has 1 unspecified atom stereocenters. The van der Waals surface area contributed by atoms with E-state index in [0.717, 1.165) is 16.5 Å². The van der Waals surface area contributed by atoms with Gasteiger partial charge in [-0.2, -0.15) is 4.31 Å². The quantitative estimate of drug-likeness (QED) is 0.684. The summed E-state index contributed by atoms with van der Waals surface area (Å²) in [5.74, 6) is -0.0907. The van der Waals surface area contributed by atoms with Crippen LogP contribution < -0.4 is 5.32 Å². The minimum Gasteiger partial charge on any atom is -0.325 e. The fraction of sp³-hybridized carbons (Fsp3) is 0.261. The van der Waals surface area contributed by atoms with Crippen LogP contribution in [-0.4, -0.2) is 55.8 Å². The molecule has 156 valence electrons. The van der Waals surface area contributed by atoms with Crippen LogP contribution in [0, 0.1) is 0 Å². The third-order valence-electron chi connectivity index (χ3n) is 5.60. The number of carbonyl (C=O) groups excluding carboxylic acids is 1. The van der Waals surface area contributed by atoms with Crippen LogP contribution in [0.25, 0.3) is 10.8 Å². The van der Waals surface area contributed by atoms with Gasteiger partial charge in [-0.05, 0) is 42.0 Å². The molecule has 0 radical (unpaired) electrons. The van der Waals surface area contributed by atoms with Gasteiger partial charge < -0.3 is 5.32 Å². The maximum Gasteiger partial charge on any atom is 0.243 e. The Morgan fingerprint density at radius 1 is 0.867 bits per heavy atom. The lowest BCUT2D eigenvalue weighted by molar-refractivity contribution is -0.121. The summed E-state index contributed by atoms with van der Waals surface area (Å²) in [5, 5.41) is 4.83. The average molecular weight is 424 g/mol. The van der Waals surface area contributed by atoms with E-state index in [1.807, 2.05) is 72.5 Å². The average Bonchev–Trinajstić information content (AvgIpc) is 2.79. The first kappa shape index (κ1) is 20.5. The van der Waals surface area contributed by atoms with Crippen LogP contribution in [0.1, 0.15) is 6.92 Å². The first-order valence-electron chi connectivity index (χ1n) is 10.0. The molecule has 0 saturated carbocycles. The van der Waals surface area contributed by atoms with Gasteiger partial charge >= 0.3 is 0 Å². The van der Waals surface area contributed by atoms with Gasteiger partial charge in [0.25, 0.3) is 0 Å². The predicted molar refractivity (Wildman–Crippen MR) is 119 cm³/mol. The third-order valence-corrected chi connectivity index (χ3v) is 7.50. The zero-order valence-corrected chi connectivity index (χ0v) is 17.7. The Balaban J connectivity index is 1.41. The zero-order valence-electron chi connectivity index (χ0n) is 16.9. The molecule has 1 heterocycles. The van der Waals surface area contributed by atoms with Gasteiger partial charge in [-0.25, -0.2) is 8.42 Å². The van der Waals surface area contributed by atoms with Crippen molar-refractivity contribution in [3.05, 3.63) is 72.8 Å². The summed E-state index contributed by atoms with van der Waals surface area (Å²) in [5.41, 5.74) is 0.756. The Bertz CT molecular complexity index is 1140. The summed E-state index contributed by atoms with van der Waals surface area (Å²) in [6.07, 6.45) is 0. The normalized spacial score (nSPS) is 17.0. The molecule has 1 saturated heterocycles. The van der Waals surface area contributed by atoms with Gasteiger partial charge in [0.1, 0.15) is 0 Å². The molecule has 0 aliphatic carbocycles. The third kappa shape index (κ3) is 4.23. The number of sulfonamides is 1. The number of anilines is 1. The molecule has 4 rings (SSSR count). The van der Waals surface area contributed by atoms with Crippen LogP contribution in [0.5, 0.6) is 0 Å². The van der Waals surface area contributed by atoms with Crippen molar-refractivity contribution in [2.24, 2.45) is 0 Å². The van der Waals surface area contributed by atoms with Crippen molar-refractivity contribution in [2.75, 3.05) is 31.5 Å². The van der Waals surface area contributed by atoms with E-state index in [4.69, 9.17) is 0 Å². The summed E-state index contributed by atoms with van der Waals surface area (Å²) in [4.78, 5) is 14.9. The van der Waals surface area contributed by atoms with Crippen molar-refractivity contribution in [2.45, 2.75) is 17.9 Å². The highest BCUT2D eigenvalue weighted by Crippen LogP contribution is 2.23. The SMILES string of the molecule is CC(C(=O)Nc1ccccc1)N1CCN(S(=O)(=O)c2ccc3ccccc3c2)CC1. The Hall–Kier alpha value is -2.74. The van der Waals surface area contributed by atoms with E-state index in [1.54, 1.807) is 12.1 Å². The highest BCUT2D eigenvalue weighted by Gasteiger charge is 2.31. The predicted octanol–water partition coefficient (Wildman–Crippen LogP) is 3.17. The van der Waals surface area contributed by atoms with E-state index in [9.17, 15) is 13.2 Å². The number of benzene rings is 3. The van der Waals surface area contributed by atoms with Gasteiger partial charge in [0.2, 0.25) is 15.9 Å². The Morgan fingerprint density at radius 3 is 2.20 bits per heavy atom. The molecule has 0 aromatic heterocycles. The molecule has 3 aromatic carbocycles. The van der Waals surface area contributed by atoms with Crippen LogP contribution in [0.15, 0.2) is 77.7 Å². The van der Waals surface area contributed by atoms with Crippen molar-refractivity contribution < 1.29 is 13.2 Å². The first-order valence-corrected chi connectivity index (χ1v) is 11.5. The standard InChI is InChI=1S/C23H25N3O3S/c1-18(23(27)24-21-9-3-2-4-10-21)25-13-15-26(16-14-25)30(28,29)22-12-11-19-7-5-6-8-20(19)17-22/h2-12,17-18H,13-16H2,1H3,(H,24,27). The van der Waals surface area contributed by atoms with E-state index >= 15 is 0 Å². The minimum atomic E-state index is -3.57. The fourth-order valence-electron chi connectivity index (χ4n) is 3.74. The van der Waals surface area contributed by atoms with Gasteiger partial charge in [0, 0.05) is 31.9 Å². The number of piperazine rings is 1. The molecule has 0 bridgehead atoms. The van der Waals surface area contributed by atoms with Crippen LogP contribution in [-0.2, 0) is 14.8 Å². The maximum atomic E-state index is 13.1. The number of hydrogen-bond donors (Lipinski definition) is 1. The summed E-state index contributed by atoms with van der Waals surface area (Å²) in [6.45, 7) is 3.59. The van der Waals surface area contributed by atoms with Gasteiger partial charge in [-0.1, -0.05) is 48.5 Å². The van der Waals surface area contributed by atoms with Crippen molar-refractivity contribution in [1.29, 1.82) is 0 Å². The molecule has 1 aliphatic rings. The molecule has 3 aromatic rings. The van der Waals surface area contributed by atoms with Crippen LogP contribution in [0.4, 0.5) is 5.69 Å². The number of carbonyl (C=O) groups is 1. The Morgan fingerprint density at radius 2 is 1.50 bits per heavy atom. The topological polar surface area (TPSA) is 69.7 Å². The highest BCUT2D eigenvalue weighted by atomic mass is 32.2. The number of nitrogens with zero attached hydrogens (tertiary/aromatic N) is 2. The molecule has 30 heavy (non-hydrogen) atoms.